The summed E-state index contributed by atoms with van der Waals surface area (Å²) in [5.74, 6) is 2.32. The summed E-state index contributed by atoms with van der Waals surface area (Å²) in [4.78, 5) is 5.12. The molecule has 3 rings (SSSR count). The Bertz CT molecular complexity index is 557. The number of benzene rings is 1. The van der Waals surface area contributed by atoms with E-state index in [0.717, 1.165) is 27.7 Å². The first-order chi connectivity index (χ1) is 9.36. The van der Waals surface area contributed by atoms with Gasteiger partial charge < -0.3 is 19.5 Å². The Morgan fingerprint density at radius 3 is 2.95 bits per heavy atom. The van der Waals surface area contributed by atoms with E-state index in [0.29, 0.717) is 13.2 Å². The summed E-state index contributed by atoms with van der Waals surface area (Å²) in [6, 6.07) is 3.84. The number of nitrogens with one attached hydrogen (secondary N) is 1. The molecule has 6 heteroatoms. The number of thiazole rings is 1. The maximum absolute atomic E-state index is 5.85. The second kappa shape index (κ2) is 5.46. The third-order valence-corrected chi connectivity index (χ3v) is 3.53. The molecule has 2 aromatic rings. The van der Waals surface area contributed by atoms with Gasteiger partial charge in [-0.3, -0.25) is 4.98 Å². The van der Waals surface area contributed by atoms with Crippen molar-refractivity contribution < 1.29 is 14.2 Å². The molecule has 0 radical (unpaired) electrons. The van der Waals surface area contributed by atoms with Gasteiger partial charge in [-0.25, -0.2) is 0 Å². The first kappa shape index (κ1) is 12.3. The summed E-state index contributed by atoms with van der Waals surface area (Å²) < 4.78 is 16.6. The molecule has 19 heavy (non-hydrogen) atoms. The van der Waals surface area contributed by atoms with E-state index in [2.05, 4.69) is 10.3 Å². The van der Waals surface area contributed by atoms with E-state index in [1.54, 1.807) is 16.8 Å². The molecule has 1 aliphatic heterocycles. The fourth-order valence-corrected chi connectivity index (χ4v) is 2.40. The van der Waals surface area contributed by atoms with Gasteiger partial charge in [-0.1, -0.05) is 0 Å². The van der Waals surface area contributed by atoms with Crippen LogP contribution < -0.4 is 19.5 Å². The van der Waals surface area contributed by atoms with Crippen molar-refractivity contribution in [2.45, 2.75) is 13.2 Å². The number of hydrogen-bond donors (Lipinski definition) is 1. The molecule has 1 aliphatic rings. The number of hydrogen-bond acceptors (Lipinski definition) is 6. The van der Waals surface area contributed by atoms with Gasteiger partial charge in [-0.15, -0.1) is 11.3 Å². The molecule has 0 saturated carbocycles. The van der Waals surface area contributed by atoms with Crippen molar-refractivity contribution in [1.82, 2.24) is 10.3 Å². The predicted molar refractivity (Wildman–Crippen MR) is 71.8 cm³/mol. The number of ether oxygens (including phenoxy) is 3. The number of aromatic nitrogens is 1. The smallest absolute Gasteiger partial charge is 0.231 e. The quantitative estimate of drug-likeness (QED) is 0.908. The second-order valence-electron chi connectivity index (χ2n) is 4.10. The maximum atomic E-state index is 5.85. The molecule has 1 aromatic heterocycles. The second-order valence-corrected chi connectivity index (χ2v) is 5.07. The van der Waals surface area contributed by atoms with Crippen LogP contribution in [0, 0.1) is 0 Å². The van der Waals surface area contributed by atoms with Crippen LogP contribution in [0.15, 0.2) is 23.8 Å². The van der Waals surface area contributed by atoms with Gasteiger partial charge in [0.25, 0.3) is 0 Å². The van der Waals surface area contributed by atoms with E-state index in [1.165, 1.54) is 0 Å². The lowest BCUT2D eigenvalue weighted by Crippen LogP contribution is -2.07. The van der Waals surface area contributed by atoms with E-state index < -0.39 is 0 Å². The summed E-state index contributed by atoms with van der Waals surface area (Å²) in [7, 11) is 1.90. The fraction of sp³-hybridized carbons (Fsp3) is 0.308. The third-order valence-electron chi connectivity index (χ3n) is 2.78. The van der Waals surface area contributed by atoms with Crippen molar-refractivity contribution in [3.8, 4) is 17.2 Å². The highest BCUT2D eigenvalue weighted by atomic mass is 32.1. The van der Waals surface area contributed by atoms with Gasteiger partial charge >= 0.3 is 0 Å². The van der Waals surface area contributed by atoms with Gasteiger partial charge in [0.05, 0.1) is 10.4 Å². The Hall–Kier alpha value is -1.79. The van der Waals surface area contributed by atoms with Gasteiger partial charge in [-0.05, 0) is 13.1 Å². The lowest BCUT2D eigenvalue weighted by atomic mass is 10.1. The molecule has 0 bridgehead atoms. The zero-order valence-corrected chi connectivity index (χ0v) is 11.3. The fourth-order valence-electron chi connectivity index (χ4n) is 1.89. The lowest BCUT2D eigenvalue weighted by molar-refractivity contribution is 0.173. The van der Waals surface area contributed by atoms with Crippen LogP contribution in [0.5, 0.6) is 17.2 Å². The van der Waals surface area contributed by atoms with Gasteiger partial charge in [0.1, 0.15) is 12.4 Å². The number of fused-ring (bicyclic) bond motifs is 1. The standard InChI is InChI=1S/C13H14N2O3S/c1-14-4-9-2-12-13(18-8-17-12)3-11(9)16-6-10-5-15-7-19-10/h2-3,5,7,14H,4,6,8H2,1H3. The predicted octanol–water partition coefficient (Wildman–Crippen LogP) is 2.17. The Morgan fingerprint density at radius 2 is 2.21 bits per heavy atom. The van der Waals surface area contributed by atoms with Crippen LogP contribution in [0.3, 0.4) is 0 Å². The molecule has 0 saturated heterocycles. The number of nitrogens with zero attached hydrogens (tertiary/aromatic N) is 1. The SMILES string of the molecule is CNCc1cc2c(cc1OCc1cncs1)OCO2. The molecule has 0 fully saturated rings. The monoisotopic (exact) mass is 278 g/mol. The summed E-state index contributed by atoms with van der Waals surface area (Å²) in [6.45, 7) is 1.50. The van der Waals surface area contributed by atoms with Crippen LogP contribution >= 0.6 is 11.3 Å². The van der Waals surface area contributed by atoms with Gasteiger partial charge in [0.2, 0.25) is 6.79 Å². The van der Waals surface area contributed by atoms with E-state index in [9.17, 15) is 0 Å². The summed E-state index contributed by atoms with van der Waals surface area (Å²) in [5.41, 5.74) is 2.85. The Balaban J connectivity index is 1.82. The minimum absolute atomic E-state index is 0.270. The van der Waals surface area contributed by atoms with Crippen LogP contribution in [0.4, 0.5) is 0 Å². The highest BCUT2D eigenvalue weighted by Crippen LogP contribution is 2.38. The van der Waals surface area contributed by atoms with E-state index in [4.69, 9.17) is 14.2 Å². The van der Waals surface area contributed by atoms with Gasteiger partial charge in [-0.2, -0.15) is 0 Å². The average Bonchev–Trinajstić information content (AvgIpc) is 3.07. The highest BCUT2D eigenvalue weighted by molar-refractivity contribution is 7.09. The minimum atomic E-state index is 0.270. The Labute approximate surface area is 115 Å². The summed E-state index contributed by atoms with van der Waals surface area (Å²) >= 11 is 1.58. The normalized spacial score (nSPS) is 12.7. The van der Waals surface area contributed by atoms with Crippen LogP contribution in [-0.4, -0.2) is 18.8 Å². The molecule has 0 amide bonds. The molecular weight excluding hydrogens is 264 g/mol. The molecule has 1 aromatic carbocycles. The van der Waals surface area contributed by atoms with Crippen molar-refractivity contribution in [3.05, 3.63) is 34.3 Å². The molecule has 100 valence electrons. The zero-order chi connectivity index (χ0) is 13.1. The molecule has 0 spiro atoms. The van der Waals surface area contributed by atoms with E-state index in [1.807, 2.05) is 25.4 Å². The summed E-state index contributed by atoms with van der Waals surface area (Å²) in [6.07, 6.45) is 1.81. The van der Waals surface area contributed by atoms with E-state index >= 15 is 0 Å². The van der Waals surface area contributed by atoms with Crippen molar-refractivity contribution in [2.75, 3.05) is 13.8 Å². The van der Waals surface area contributed by atoms with Gasteiger partial charge in [0.15, 0.2) is 11.5 Å². The topological polar surface area (TPSA) is 52.6 Å². The largest absolute Gasteiger partial charge is 0.488 e. The summed E-state index contributed by atoms with van der Waals surface area (Å²) in [5, 5.41) is 3.12. The average molecular weight is 278 g/mol. The number of rotatable bonds is 5. The van der Waals surface area contributed by atoms with E-state index in [-0.39, 0.29) is 6.79 Å². The molecule has 0 aliphatic carbocycles. The van der Waals surface area contributed by atoms with Crippen LogP contribution in [0.25, 0.3) is 0 Å². The van der Waals surface area contributed by atoms with Crippen molar-refractivity contribution in [3.63, 3.8) is 0 Å². The molecular formula is C13H14N2O3S. The Kier molecular flexibility index (Phi) is 3.52. The third kappa shape index (κ3) is 2.64. The minimum Gasteiger partial charge on any atom is -0.488 e. The van der Waals surface area contributed by atoms with Crippen LogP contribution in [0.2, 0.25) is 0 Å². The van der Waals surface area contributed by atoms with Crippen LogP contribution in [0.1, 0.15) is 10.4 Å². The molecule has 0 unspecified atom stereocenters. The van der Waals surface area contributed by atoms with Crippen molar-refractivity contribution >= 4 is 11.3 Å². The molecule has 1 N–H and O–H groups in total. The van der Waals surface area contributed by atoms with Crippen molar-refractivity contribution in [1.29, 1.82) is 0 Å². The first-order valence-electron chi connectivity index (χ1n) is 5.94. The van der Waals surface area contributed by atoms with Crippen LogP contribution in [-0.2, 0) is 13.2 Å². The van der Waals surface area contributed by atoms with Crippen molar-refractivity contribution in [2.24, 2.45) is 0 Å². The molecule has 2 heterocycles. The Morgan fingerprint density at radius 1 is 1.37 bits per heavy atom. The molecule has 5 nitrogen and oxygen atoms in total. The highest BCUT2D eigenvalue weighted by Gasteiger charge is 2.17. The lowest BCUT2D eigenvalue weighted by Gasteiger charge is -2.11. The maximum Gasteiger partial charge on any atom is 0.231 e. The molecule has 0 atom stereocenters. The first-order valence-corrected chi connectivity index (χ1v) is 6.82. The van der Waals surface area contributed by atoms with Gasteiger partial charge in [0, 0.05) is 24.4 Å². The zero-order valence-electron chi connectivity index (χ0n) is 10.5.